The topological polar surface area (TPSA) is 23.6 Å². The largest absolute Gasteiger partial charge is 0.383 e. The van der Waals surface area contributed by atoms with Crippen LogP contribution in [0.5, 0.6) is 0 Å². The van der Waals surface area contributed by atoms with Gasteiger partial charge in [0.2, 0.25) is 0 Å². The normalized spacial score (nSPS) is 18.4. The van der Waals surface area contributed by atoms with Gasteiger partial charge in [0.25, 0.3) is 0 Å². The fraction of sp³-hybridized carbons (Fsp3) is 0.211. The molecule has 25 heavy (non-hydrogen) atoms. The van der Waals surface area contributed by atoms with Crippen LogP contribution >= 0.6 is 23.5 Å². The summed E-state index contributed by atoms with van der Waals surface area (Å²) in [5.74, 6) is -0.550. The number of Topliss-reactive ketones (excluding diaryl/α,β-unsaturated/α-hetero) is 1. The highest BCUT2D eigenvalue weighted by Crippen LogP contribution is 2.41. The van der Waals surface area contributed by atoms with E-state index in [9.17, 15) is 9.18 Å². The maximum Gasteiger partial charge on any atom is 0.194 e. The third-order valence-corrected chi connectivity index (χ3v) is 5.36. The Kier molecular flexibility index (Phi) is 5.06. The average molecular weight is 377 g/mol. The Balaban J connectivity index is 2.07. The molecule has 0 saturated heterocycles. The van der Waals surface area contributed by atoms with E-state index in [2.05, 4.69) is 0 Å². The van der Waals surface area contributed by atoms with E-state index in [1.807, 2.05) is 54.5 Å². The van der Waals surface area contributed by atoms with Crippen LogP contribution in [-0.2, 0) is 0 Å². The van der Waals surface area contributed by atoms with Gasteiger partial charge in [-0.2, -0.15) is 0 Å². The fourth-order valence-corrected chi connectivity index (χ4v) is 3.88. The zero-order valence-corrected chi connectivity index (χ0v) is 15.7. The minimum Gasteiger partial charge on any atom is -0.383 e. The molecule has 0 N–H and O–H groups in total. The smallest absolute Gasteiger partial charge is 0.194 e. The molecule has 0 spiro atoms. The van der Waals surface area contributed by atoms with E-state index in [0.29, 0.717) is 16.2 Å². The van der Waals surface area contributed by atoms with Crippen molar-refractivity contribution in [2.24, 2.45) is 0 Å². The Labute approximate surface area is 156 Å². The van der Waals surface area contributed by atoms with Gasteiger partial charge in [-0.15, -0.1) is 0 Å². The Morgan fingerprint density at radius 2 is 1.88 bits per heavy atom. The molecule has 1 atom stereocenters. The van der Waals surface area contributed by atoms with E-state index >= 15 is 0 Å². The number of hydrogen-bond acceptors (Lipinski definition) is 4. The lowest BCUT2D eigenvalue weighted by molar-refractivity contribution is 0.102. The molecule has 6 heteroatoms. The molecule has 3 rings (SSSR count). The summed E-state index contributed by atoms with van der Waals surface area (Å²) < 4.78 is 15.8. The third kappa shape index (κ3) is 3.67. The summed E-state index contributed by atoms with van der Waals surface area (Å²) in [5, 5.41) is 0.668. The molecule has 0 fully saturated rings. The van der Waals surface area contributed by atoms with Crippen LogP contribution in [0.4, 0.5) is 10.1 Å². The van der Waals surface area contributed by atoms with Crippen molar-refractivity contribution < 1.29 is 9.18 Å². The zero-order valence-electron chi connectivity index (χ0n) is 14.2. The number of rotatable bonds is 3. The minimum absolute atomic E-state index is 0.136. The average Bonchev–Trinajstić information content (AvgIpc) is 2.57. The molecule has 0 aliphatic carbocycles. The molecule has 1 aliphatic heterocycles. The predicted octanol–water partition coefficient (Wildman–Crippen LogP) is 5.02. The number of carbonyl (C=O) groups is 1. The molecule has 3 nitrogen and oxygen atoms in total. The van der Waals surface area contributed by atoms with Gasteiger partial charge in [0, 0.05) is 41.3 Å². The molecule has 1 unspecified atom stereocenters. The van der Waals surface area contributed by atoms with Gasteiger partial charge in [0.05, 0.1) is 11.7 Å². The lowest BCUT2D eigenvalue weighted by Crippen LogP contribution is -2.38. The van der Waals surface area contributed by atoms with Gasteiger partial charge < -0.3 is 9.21 Å². The second-order valence-corrected chi connectivity index (χ2v) is 7.57. The Bertz CT molecular complexity index is 836. The summed E-state index contributed by atoms with van der Waals surface area (Å²) in [5.41, 5.74) is 1.73. The van der Waals surface area contributed by atoms with Crippen molar-refractivity contribution in [3.8, 4) is 0 Å². The van der Waals surface area contributed by atoms with Crippen molar-refractivity contribution in [1.82, 2.24) is 4.90 Å². The quantitative estimate of drug-likeness (QED) is 0.554. The lowest BCUT2D eigenvalue weighted by atomic mass is 9.92. The molecule has 1 aliphatic rings. The summed E-state index contributed by atoms with van der Waals surface area (Å²) in [6, 6.07) is 11.7. The molecule has 0 bridgehead atoms. The van der Waals surface area contributed by atoms with Crippen molar-refractivity contribution in [3.63, 3.8) is 0 Å². The standard InChI is InChI=1S/C19H18ClFN2OS/c1-12-17(11-22(2)3)19(24)16-10-14(21)6-9-18(16)23(12)25-15-7-4-13(20)5-8-15/h4-12H,1-3H3/b17-11-. The molecular formula is C19H18ClFN2OS. The summed E-state index contributed by atoms with van der Waals surface area (Å²) in [6.07, 6.45) is 1.80. The first kappa shape index (κ1) is 17.8. The van der Waals surface area contributed by atoms with E-state index in [1.54, 1.807) is 12.3 Å². The Morgan fingerprint density at radius 3 is 2.52 bits per heavy atom. The maximum absolute atomic E-state index is 13.7. The van der Waals surface area contributed by atoms with Crippen molar-refractivity contribution in [1.29, 1.82) is 0 Å². The van der Waals surface area contributed by atoms with Crippen LogP contribution < -0.4 is 4.31 Å². The minimum atomic E-state index is -0.415. The van der Waals surface area contributed by atoms with Gasteiger partial charge in [-0.1, -0.05) is 11.6 Å². The molecule has 2 aromatic rings. The van der Waals surface area contributed by atoms with Crippen LogP contribution in [0.25, 0.3) is 0 Å². The first-order valence-electron chi connectivity index (χ1n) is 7.82. The third-order valence-electron chi connectivity index (χ3n) is 3.92. The first-order chi connectivity index (χ1) is 11.9. The number of benzene rings is 2. The molecule has 1 heterocycles. The molecule has 130 valence electrons. The van der Waals surface area contributed by atoms with Crippen molar-refractivity contribution >= 4 is 35.0 Å². The van der Waals surface area contributed by atoms with E-state index in [-0.39, 0.29) is 11.8 Å². The second-order valence-electron chi connectivity index (χ2n) is 6.09. The van der Waals surface area contributed by atoms with E-state index in [1.165, 1.54) is 24.1 Å². The Hall–Kier alpha value is -1.98. The van der Waals surface area contributed by atoms with E-state index in [0.717, 1.165) is 10.6 Å². The molecule has 0 radical (unpaired) electrons. The van der Waals surface area contributed by atoms with Crippen molar-refractivity contribution in [2.45, 2.75) is 17.9 Å². The summed E-state index contributed by atoms with van der Waals surface area (Å²) in [6.45, 7) is 1.97. The molecule has 0 aromatic heterocycles. The number of ketones is 1. The van der Waals surface area contributed by atoms with Crippen LogP contribution in [0.3, 0.4) is 0 Å². The first-order valence-corrected chi connectivity index (χ1v) is 8.97. The zero-order chi connectivity index (χ0) is 18.1. The summed E-state index contributed by atoms with van der Waals surface area (Å²) in [4.78, 5) is 15.7. The van der Waals surface area contributed by atoms with Crippen LogP contribution in [0.2, 0.25) is 5.02 Å². The molecule has 0 saturated carbocycles. The molecule has 0 amide bonds. The van der Waals surface area contributed by atoms with E-state index < -0.39 is 5.82 Å². The maximum atomic E-state index is 13.7. The van der Waals surface area contributed by atoms with Crippen LogP contribution in [0.1, 0.15) is 17.3 Å². The van der Waals surface area contributed by atoms with Gasteiger partial charge in [-0.25, -0.2) is 4.39 Å². The summed E-state index contributed by atoms with van der Waals surface area (Å²) >= 11 is 7.46. The number of nitrogens with zero attached hydrogens (tertiary/aromatic N) is 2. The van der Waals surface area contributed by atoms with Crippen molar-refractivity contribution in [2.75, 3.05) is 18.4 Å². The number of halogens is 2. The van der Waals surface area contributed by atoms with Crippen LogP contribution in [0.15, 0.2) is 59.1 Å². The van der Waals surface area contributed by atoms with Crippen LogP contribution in [-0.4, -0.2) is 30.8 Å². The fourth-order valence-electron chi connectivity index (χ4n) is 2.74. The highest BCUT2D eigenvalue weighted by Gasteiger charge is 2.34. The SMILES string of the molecule is CC1/C(=C/N(C)C)C(=O)c2cc(F)ccc2N1Sc1ccc(Cl)cc1. The van der Waals surface area contributed by atoms with Gasteiger partial charge in [-0.05, 0) is 61.3 Å². The van der Waals surface area contributed by atoms with Gasteiger partial charge in [0.15, 0.2) is 5.78 Å². The second kappa shape index (κ2) is 7.10. The highest BCUT2D eigenvalue weighted by atomic mass is 35.5. The van der Waals surface area contributed by atoms with Crippen LogP contribution in [0, 0.1) is 5.82 Å². The highest BCUT2D eigenvalue weighted by molar-refractivity contribution is 8.00. The van der Waals surface area contributed by atoms with Gasteiger partial charge >= 0.3 is 0 Å². The number of fused-ring (bicyclic) bond motifs is 1. The lowest BCUT2D eigenvalue weighted by Gasteiger charge is -2.37. The van der Waals surface area contributed by atoms with Gasteiger partial charge in [0.1, 0.15) is 5.82 Å². The number of carbonyl (C=O) groups excluding carboxylic acids is 1. The number of anilines is 1. The van der Waals surface area contributed by atoms with Crippen molar-refractivity contribution in [3.05, 3.63) is 70.6 Å². The molecule has 2 aromatic carbocycles. The molecular weight excluding hydrogens is 359 g/mol. The van der Waals surface area contributed by atoms with E-state index in [4.69, 9.17) is 11.6 Å². The summed E-state index contributed by atoms with van der Waals surface area (Å²) in [7, 11) is 3.73. The monoisotopic (exact) mass is 376 g/mol. The Morgan fingerprint density at radius 1 is 1.20 bits per heavy atom. The number of hydrogen-bond donors (Lipinski definition) is 0. The van der Waals surface area contributed by atoms with Gasteiger partial charge in [-0.3, -0.25) is 4.79 Å². The predicted molar refractivity (Wildman–Crippen MR) is 102 cm³/mol.